The molecule has 0 radical (unpaired) electrons. The molecule has 3 aliphatic rings. The van der Waals surface area contributed by atoms with Crippen LogP contribution in [-0.4, -0.2) is 62.7 Å². The number of hydrogen-bond acceptors (Lipinski definition) is 5. The van der Waals surface area contributed by atoms with Crippen molar-refractivity contribution in [1.29, 1.82) is 0 Å². The molecule has 0 aromatic heterocycles. The predicted octanol–water partition coefficient (Wildman–Crippen LogP) is 0.770. The molecule has 2 aliphatic heterocycles. The zero-order valence-corrected chi connectivity index (χ0v) is 14.9. The highest BCUT2D eigenvalue weighted by molar-refractivity contribution is 7.92. The third-order valence-electron chi connectivity index (χ3n) is 5.41. The molecule has 2 unspecified atom stereocenters. The number of sulfone groups is 2. The normalized spacial score (nSPS) is 33.6. The first-order valence-corrected chi connectivity index (χ1v) is 12.1. The maximum atomic E-state index is 13.0. The third-order valence-corrected chi connectivity index (χ3v) is 8.91. The van der Waals surface area contributed by atoms with Crippen LogP contribution in [0.2, 0.25) is 0 Å². The van der Waals surface area contributed by atoms with Crippen molar-refractivity contribution in [3.8, 4) is 0 Å². The van der Waals surface area contributed by atoms with Crippen molar-refractivity contribution in [2.24, 2.45) is 5.92 Å². The van der Waals surface area contributed by atoms with E-state index in [1.165, 1.54) is 0 Å². The van der Waals surface area contributed by atoms with E-state index in [1.54, 1.807) is 4.90 Å². The van der Waals surface area contributed by atoms with Gasteiger partial charge in [-0.3, -0.25) is 4.79 Å². The third kappa shape index (κ3) is 3.90. The van der Waals surface area contributed by atoms with E-state index in [2.05, 4.69) is 0 Å². The van der Waals surface area contributed by atoms with E-state index in [-0.39, 0.29) is 46.9 Å². The average molecular weight is 364 g/mol. The lowest BCUT2D eigenvalue weighted by Crippen LogP contribution is -2.51. The van der Waals surface area contributed by atoms with Gasteiger partial charge in [-0.25, -0.2) is 16.8 Å². The highest BCUT2D eigenvalue weighted by atomic mass is 32.2. The van der Waals surface area contributed by atoms with Gasteiger partial charge in [0.15, 0.2) is 19.7 Å². The van der Waals surface area contributed by atoms with Gasteiger partial charge in [-0.1, -0.05) is 19.3 Å². The first-order valence-electron chi connectivity index (χ1n) is 8.50. The van der Waals surface area contributed by atoms with Crippen LogP contribution in [-0.2, 0) is 24.5 Å². The van der Waals surface area contributed by atoms with E-state index in [4.69, 9.17) is 0 Å². The smallest absolute Gasteiger partial charge is 0.226 e. The van der Waals surface area contributed by atoms with E-state index in [1.807, 2.05) is 0 Å². The summed E-state index contributed by atoms with van der Waals surface area (Å²) in [5, 5.41) is 0. The molecule has 0 bridgehead atoms. The minimum atomic E-state index is -3.11. The van der Waals surface area contributed by atoms with E-state index < -0.39 is 19.7 Å². The summed E-state index contributed by atoms with van der Waals surface area (Å²) >= 11 is 0. The highest BCUT2D eigenvalue weighted by Crippen LogP contribution is 2.31. The minimum Gasteiger partial charge on any atom is -0.334 e. The molecule has 3 rings (SSSR count). The first kappa shape index (κ1) is 17.2. The van der Waals surface area contributed by atoms with E-state index in [0.717, 1.165) is 32.1 Å². The molecule has 6 nitrogen and oxygen atoms in total. The number of rotatable bonds is 3. The van der Waals surface area contributed by atoms with Crippen LogP contribution in [0.25, 0.3) is 0 Å². The monoisotopic (exact) mass is 363 g/mol. The molecule has 0 spiro atoms. The van der Waals surface area contributed by atoms with Crippen molar-refractivity contribution >= 4 is 25.6 Å². The SMILES string of the molecule is O=C(C1CCCCC1)N(C1CCS(=O)(=O)C1)C1CCS(=O)(=O)C1. The van der Waals surface area contributed by atoms with Gasteiger partial charge < -0.3 is 4.90 Å². The molecule has 8 heteroatoms. The molecule has 132 valence electrons. The number of carbonyl (C=O) groups excluding carboxylic acids is 1. The summed E-state index contributed by atoms with van der Waals surface area (Å²) in [6.45, 7) is 0. The topological polar surface area (TPSA) is 88.6 Å². The summed E-state index contributed by atoms with van der Waals surface area (Å²) in [7, 11) is -6.21. The van der Waals surface area contributed by atoms with Crippen LogP contribution < -0.4 is 0 Å². The number of amides is 1. The summed E-state index contributed by atoms with van der Waals surface area (Å²) < 4.78 is 47.3. The summed E-state index contributed by atoms with van der Waals surface area (Å²) in [4.78, 5) is 14.7. The Morgan fingerprint density at radius 3 is 1.61 bits per heavy atom. The zero-order valence-electron chi connectivity index (χ0n) is 13.3. The Morgan fingerprint density at radius 1 is 0.739 bits per heavy atom. The lowest BCUT2D eigenvalue weighted by molar-refractivity contribution is -0.140. The van der Waals surface area contributed by atoms with E-state index in [0.29, 0.717) is 12.8 Å². The van der Waals surface area contributed by atoms with Crippen LogP contribution in [0, 0.1) is 5.92 Å². The van der Waals surface area contributed by atoms with Crippen LogP contribution in [0.5, 0.6) is 0 Å². The Kier molecular flexibility index (Phi) is 4.75. The van der Waals surface area contributed by atoms with Gasteiger partial charge in [0.2, 0.25) is 5.91 Å². The van der Waals surface area contributed by atoms with Crippen molar-refractivity contribution in [2.75, 3.05) is 23.0 Å². The van der Waals surface area contributed by atoms with Crippen molar-refractivity contribution in [3.63, 3.8) is 0 Å². The Hall–Kier alpha value is -0.630. The molecule has 2 atom stereocenters. The van der Waals surface area contributed by atoms with Crippen molar-refractivity contribution in [3.05, 3.63) is 0 Å². The standard InChI is InChI=1S/C15H25NO5S2/c17-15(12-4-2-1-3-5-12)16(13-6-8-22(18,19)10-13)14-7-9-23(20,21)11-14/h12-14H,1-11H2. The van der Waals surface area contributed by atoms with Gasteiger partial charge in [0, 0.05) is 18.0 Å². The van der Waals surface area contributed by atoms with Gasteiger partial charge in [0.1, 0.15) is 0 Å². The second-order valence-corrected chi connectivity index (χ2v) is 11.7. The Bertz CT molecular complexity index is 620. The Morgan fingerprint density at radius 2 is 1.22 bits per heavy atom. The minimum absolute atomic E-state index is 0.00565. The van der Waals surface area contributed by atoms with Crippen LogP contribution in [0.1, 0.15) is 44.9 Å². The quantitative estimate of drug-likeness (QED) is 0.739. The molecular weight excluding hydrogens is 338 g/mol. The van der Waals surface area contributed by atoms with Crippen LogP contribution in [0.4, 0.5) is 0 Å². The van der Waals surface area contributed by atoms with Crippen LogP contribution in [0.3, 0.4) is 0 Å². The fraction of sp³-hybridized carbons (Fsp3) is 0.933. The fourth-order valence-corrected chi connectivity index (χ4v) is 7.63. The Labute approximate surface area is 138 Å². The molecular formula is C15H25NO5S2. The van der Waals surface area contributed by atoms with Gasteiger partial charge >= 0.3 is 0 Å². The number of hydrogen-bond donors (Lipinski definition) is 0. The molecule has 0 N–H and O–H groups in total. The molecule has 1 aliphatic carbocycles. The lowest BCUT2D eigenvalue weighted by Gasteiger charge is -2.37. The summed E-state index contributed by atoms with van der Waals surface area (Å²) in [6, 6.07) is -0.680. The summed E-state index contributed by atoms with van der Waals surface area (Å²) in [6.07, 6.45) is 5.75. The highest BCUT2D eigenvalue weighted by Gasteiger charge is 2.43. The second-order valence-electron chi connectivity index (χ2n) is 7.19. The van der Waals surface area contributed by atoms with Crippen LogP contribution >= 0.6 is 0 Å². The maximum absolute atomic E-state index is 13.0. The van der Waals surface area contributed by atoms with Gasteiger partial charge in [-0.2, -0.15) is 0 Å². The Balaban J connectivity index is 1.82. The van der Waals surface area contributed by atoms with Gasteiger partial charge in [0.05, 0.1) is 23.0 Å². The predicted molar refractivity (Wildman–Crippen MR) is 87.5 cm³/mol. The van der Waals surface area contributed by atoms with Gasteiger partial charge in [-0.05, 0) is 25.7 Å². The fourth-order valence-electron chi connectivity index (χ4n) is 4.21. The van der Waals surface area contributed by atoms with Crippen molar-refractivity contribution in [1.82, 2.24) is 4.90 Å². The molecule has 0 aromatic rings. The van der Waals surface area contributed by atoms with Crippen LogP contribution in [0.15, 0.2) is 0 Å². The van der Waals surface area contributed by atoms with Gasteiger partial charge in [-0.15, -0.1) is 0 Å². The maximum Gasteiger partial charge on any atom is 0.226 e. The van der Waals surface area contributed by atoms with Gasteiger partial charge in [0.25, 0.3) is 0 Å². The zero-order chi connectivity index (χ0) is 16.7. The van der Waals surface area contributed by atoms with E-state index >= 15 is 0 Å². The average Bonchev–Trinajstić information content (AvgIpc) is 3.02. The van der Waals surface area contributed by atoms with E-state index in [9.17, 15) is 21.6 Å². The largest absolute Gasteiger partial charge is 0.334 e. The first-order chi connectivity index (χ1) is 10.8. The molecule has 2 heterocycles. The molecule has 1 saturated carbocycles. The number of nitrogens with zero attached hydrogens (tertiary/aromatic N) is 1. The molecule has 23 heavy (non-hydrogen) atoms. The summed E-state index contributed by atoms with van der Waals surface area (Å²) in [5.74, 6) is 0.116. The molecule has 3 fully saturated rings. The van der Waals surface area contributed by atoms with Crippen molar-refractivity contribution < 1.29 is 21.6 Å². The summed E-state index contributed by atoms with van der Waals surface area (Å²) in [5.41, 5.74) is 0. The number of carbonyl (C=O) groups is 1. The second kappa shape index (κ2) is 6.35. The van der Waals surface area contributed by atoms with Crippen molar-refractivity contribution in [2.45, 2.75) is 57.0 Å². The molecule has 0 aromatic carbocycles. The molecule has 1 amide bonds. The molecule has 2 saturated heterocycles. The lowest BCUT2D eigenvalue weighted by atomic mass is 9.87.